The van der Waals surface area contributed by atoms with Gasteiger partial charge >= 0.3 is 0 Å². The molecule has 4 nitrogen and oxygen atoms in total. The second-order valence-electron chi connectivity index (χ2n) is 11.9. The molecule has 0 radical (unpaired) electrons. The average molecular weight is 541 g/mol. The van der Waals surface area contributed by atoms with Crippen LogP contribution in [0.25, 0.3) is 0 Å². The largest absolute Gasteiger partial charge is 0.497 e. The first-order valence-electron chi connectivity index (χ1n) is 15.2. The monoisotopic (exact) mass is 540 g/mol. The van der Waals surface area contributed by atoms with E-state index in [-0.39, 0.29) is 10.8 Å². The molecule has 212 valence electrons. The summed E-state index contributed by atoms with van der Waals surface area (Å²) in [6.07, 6.45) is 15.8. The zero-order valence-electron chi connectivity index (χ0n) is 24.7. The summed E-state index contributed by atoms with van der Waals surface area (Å²) in [5.74, 6) is 2.49. The molecule has 0 heterocycles. The lowest BCUT2D eigenvalue weighted by atomic mass is 9.65. The van der Waals surface area contributed by atoms with E-state index in [9.17, 15) is 9.59 Å². The fourth-order valence-electron chi connectivity index (χ4n) is 7.91. The SMILES string of the molecule is CC[C@@]12CCC(=O)C=C1CCCc1cc(OC)ccc12.CC[C@]12CCC(=O)C=C1CCCc1cc(OC)ccc12. The van der Waals surface area contributed by atoms with E-state index in [0.717, 1.165) is 75.7 Å². The molecule has 2 aromatic carbocycles. The van der Waals surface area contributed by atoms with E-state index >= 15 is 0 Å². The van der Waals surface area contributed by atoms with E-state index in [1.165, 1.54) is 33.4 Å². The molecule has 0 aliphatic heterocycles. The molecule has 0 spiro atoms. The molecule has 0 aromatic heterocycles. The van der Waals surface area contributed by atoms with Crippen molar-refractivity contribution in [1.29, 1.82) is 0 Å². The van der Waals surface area contributed by atoms with Crippen molar-refractivity contribution < 1.29 is 19.1 Å². The first kappa shape index (κ1) is 28.4. The van der Waals surface area contributed by atoms with Crippen molar-refractivity contribution in [3.05, 3.63) is 82.0 Å². The smallest absolute Gasteiger partial charge is 0.155 e. The van der Waals surface area contributed by atoms with Crippen molar-refractivity contribution in [2.24, 2.45) is 0 Å². The van der Waals surface area contributed by atoms with Gasteiger partial charge in [0.2, 0.25) is 0 Å². The van der Waals surface area contributed by atoms with Gasteiger partial charge < -0.3 is 9.47 Å². The first-order chi connectivity index (χ1) is 19.4. The molecule has 0 amide bonds. The highest BCUT2D eigenvalue weighted by Crippen LogP contribution is 2.49. The number of hydrogen-bond acceptors (Lipinski definition) is 4. The standard InChI is InChI=1S/2C18H22O2/c2*1-3-18-10-9-15(19)12-14(18)6-4-5-13-11-16(20-2)7-8-17(13)18/h2*7-8,11-12H,3-6,9-10H2,1-2H3/t2*18-/m10/s1. The van der Waals surface area contributed by atoms with Crippen LogP contribution in [0.2, 0.25) is 0 Å². The molecule has 0 saturated heterocycles. The number of ether oxygens (including phenoxy) is 2. The lowest BCUT2D eigenvalue weighted by molar-refractivity contribution is -0.116. The van der Waals surface area contributed by atoms with Crippen molar-refractivity contribution in [3.8, 4) is 11.5 Å². The summed E-state index contributed by atoms with van der Waals surface area (Å²) in [6.45, 7) is 4.51. The Morgan fingerprint density at radius 3 is 1.43 bits per heavy atom. The molecule has 0 N–H and O–H groups in total. The van der Waals surface area contributed by atoms with Crippen molar-refractivity contribution >= 4 is 11.6 Å². The maximum absolute atomic E-state index is 11.8. The van der Waals surface area contributed by atoms with E-state index in [2.05, 4.69) is 50.2 Å². The Kier molecular flexibility index (Phi) is 8.35. The Morgan fingerprint density at radius 1 is 0.625 bits per heavy atom. The van der Waals surface area contributed by atoms with Gasteiger partial charge in [0.1, 0.15) is 11.5 Å². The fourth-order valence-corrected chi connectivity index (χ4v) is 7.91. The van der Waals surface area contributed by atoms with Gasteiger partial charge in [-0.2, -0.15) is 0 Å². The molecule has 4 aliphatic rings. The van der Waals surface area contributed by atoms with Gasteiger partial charge in [0.05, 0.1) is 14.2 Å². The summed E-state index contributed by atoms with van der Waals surface area (Å²) in [7, 11) is 3.44. The molecular formula is C36H44O4. The Balaban J connectivity index is 0.000000161. The fraction of sp³-hybridized carbons (Fsp3) is 0.500. The predicted molar refractivity (Wildman–Crippen MR) is 160 cm³/mol. The number of ketones is 2. The Hall–Kier alpha value is -3.14. The van der Waals surface area contributed by atoms with Gasteiger partial charge in [-0.25, -0.2) is 0 Å². The van der Waals surface area contributed by atoms with E-state index in [4.69, 9.17) is 9.47 Å². The molecule has 40 heavy (non-hydrogen) atoms. The molecule has 4 aliphatic carbocycles. The number of hydrogen-bond donors (Lipinski definition) is 0. The van der Waals surface area contributed by atoms with Gasteiger partial charge in [-0.05, 0) is 123 Å². The second-order valence-corrected chi connectivity index (χ2v) is 11.9. The summed E-state index contributed by atoms with van der Waals surface area (Å²) in [6, 6.07) is 13.0. The molecule has 0 bridgehead atoms. The molecule has 6 rings (SSSR count). The third-order valence-corrected chi connectivity index (χ3v) is 10.1. The van der Waals surface area contributed by atoms with Crippen LogP contribution in [0.15, 0.2) is 59.7 Å². The first-order valence-corrected chi connectivity index (χ1v) is 15.2. The lowest BCUT2D eigenvalue weighted by Crippen LogP contribution is -2.32. The lowest BCUT2D eigenvalue weighted by Gasteiger charge is -2.38. The molecule has 4 heteroatoms. The molecule has 0 unspecified atom stereocenters. The number of benzene rings is 2. The topological polar surface area (TPSA) is 52.6 Å². The van der Waals surface area contributed by atoms with E-state index in [1.807, 2.05) is 12.2 Å². The minimum absolute atomic E-state index is 0.0893. The van der Waals surface area contributed by atoms with Crippen molar-refractivity contribution in [3.63, 3.8) is 0 Å². The van der Waals surface area contributed by atoms with E-state index in [1.54, 1.807) is 14.2 Å². The predicted octanol–water partition coefficient (Wildman–Crippen LogP) is 7.94. The summed E-state index contributed by atoms with van der Waals surface area (Å²) >= 11 is 0. The minimum atomic E-state index is 0.0893. The van der Waals surface area contributed by atoms with Crippen LogP contribution in [0.3, 0.4) is 0 Å². The van der Waals surface area contributed by atoms with Gasteiger partial charge in [0.25, 0.3) is 0 Å². The Bertz CT molecular complexity index is 1250. The highest BCUT2D eigenvalue weighted by molar-refractivity contribution is 5.92. The number of aryl methyl sites for hydroxylation is 2. The molecule has 0 fully saturated rings. The van der Waals surface area contributed by atoms with E-state index < -0.39 is 0 Å². The maximum atomic E-state index is 11.8. The normalized spacial score (nSPS) is 25.3. The highest BCUT2D eigenvalue weighted by Gasteiger charge is 2.41. The molecular weight excluding hydrogens is 496 g/mol. The van der Waals surface area contributed by atoms with Crippen LogP contribution in [-0.2, 0) is 33.3 Å². The van der Waals surface area contributed by atoms with Crippen LogP contribution >= 0.6 is 0 Å². The van der Waals surface area contributed by atoms with Crippen LogP contribution in [-0.4, -0.2) is 25.8 Å². The van der Waals surface area contributed by atoms with Crippen molar-refractivity contribution in [2.45, 2.75) is 102 Å². The van der Waals surface area contributed by atoms with Crippen molar-refractivity contribution in [1.82, 2.24) is 0 Å². The number of allylic oxidation sites excluding steroid dienone is 4. The van der Waals surface area contributed by atoms with Crippen LogP contribution in [0, 0.1) is 0 Å². The number of rotatable bonds is 4. The minimum Gasteiger partial charge on any atom is -0.497 e. The summed E-state index contributed by atoms with van der Waals surface area (Å²) in [4.78, 5) is 23.6. The quantitative estimate of drug-likeness (QED) is 0.395. The van der Waals surface area contributed by atoms with Crippen LogP contribution in [0.5, 0.6) is 11.5 Å². The number of carbonyl (C=O) groups is 2. The van der Waals surface area contributed by atoms with Gasteiger partial charge in [0.15, 0.2) is 11.6 Å². The maximum Gasteiger partial charge on any atom is 0.155 e. The zero-order chi connectivity index (χ0) is 28.3. The van der Waals surface area contributed by atoms with Crippen LogP contribution in [0.1, 0.15) is 100 Å². The second kappa shape index (κ2) is 11.8. The van der Waals surface area contributed by atoms with Gasteiger partial charge in [-0.15, -0.1) is 0 Å². The number of carbonyl (C=O) groups excluding carboxylic acids is 2. The summed E-state index contributed by atoms with van der Waals surface area (Å²) in [5, 5.41) is 0. The summed E-state index contributed by atoms with van der Waals surface area (Å²) < 4.78 is 10.7. The Labute approximate surface area is 239 Å². The average Bonchev–Trinajstić information content (AvgIpc) is 3.24. The van der Waals surface area contributed by atoms with Gasteiger partial charge in [-0.1, -0.05) is 37.1 Å². The van der Waals surface area contributed by atoms with Crippen molar-refractivity contribution in [2.75, 3.05) is 14.2 Å². The van der Waals surface area contributed by atoms with Crippen LogP contribution in [0.4, 0.5) is 0 Å². The number of methoxy groups -OCH3 is 2. The highest BCUT2D eigenvalue weighted by atomic mass is 16.5. The molecule has 2 atom stereocenters. The Morgan fingerprint density at radius 2 is 1.05 bits per heavy atom. The van der Waals surface area contributed by atoms with Gasteiger partial charge in [-0.3, -0.25) is 9.59 Å². The third kappa shape index (κ3) is 5.06. The summed E-state index contributed by atoms with van der Waals surface area (Å²) in [5.41, 5.74) is 8.57. The molecule has 0 saturated carbocycles. The number of fused-ring (bicyclic) bond motifs is 6. The zero-order valence-corrected chi connectivity index (χ0v) is 24.7. The van der Waals surface area contributed by atoms with E-state index in [0.29, 0.717) is 24.4 Å². The molecule has 2 aromatic rings. The van der Waals surface area contributed by atoms with Crippen LogP contribution < -0.4 is 9.47 Å². The van der Waals surface area contributed by atoms with Gasteiger partial charge in [0, 0.05) is 23.7 Å². The third-order valence-electron chi connectivity index (χ3n) is 10.1.